The summed E-state index contributed by atoms with van der Waals surface area (Å²) in [5, 5.41) is 0. The second-order valence-electron chi connectivity index (χ2n) is 8.25. The highest BCUT2D eigenvalue weighted by molar-refractivity contribution is 5.31. The van der Waals surface area contributed by atoms with E-state index < -0.39 is 0 Å². The summed E-state index contributed by atoms with van der Waals surface area (Å²) in [7, 11) is 0. The summed E-state index contributed by atoms with van der Waals surface area (Å²) in [5.41, 5.74) is 2.00. The van der Waals surface area contributed by atoms with Crippen LogP contribution in [0.4, 0.5) is 5.95 Å². The van der Waals surface area contributed by atoms with Crippen LogP contribution in [0.1, 0.15) is 55.6 Å². The van der Waals surface area contributed by atoms with Gasteiger partial charge < -0.3 is 9.64 Å². The summed E-state index contributed by atoms with van der Waals surface area (Å²) in [4.78, 5) is 33.4. The summed E-state index contributed by atoms with van der Waals surface area (Å²) < 4.78 is 5.40. The van der Waals surface area contributed by atoms with Crippen LogP contribution in [-0.4, -0.2) is 64.2 Å². The fourth-order valence-corrected chi connectivity index (χ4v) is 3.99. The van der Waals surface area contributed by atoms with Crippen molar-refractivity contribution in [1.82, 2.24) is 24.8 Å². The smallest absolute Gasteiger partial charge is 0.252 e. The Morgan fingerprint density at radius 3 is 2.48 bits per heavy atom. The zero-order chi connectivity index (χ0) is 20.2. The first-order valence-corrected chi connectivity index (χ1v) is 10.6. The maximum Gasteiger partial charge on any atom is 0.252 e. The number of H-pyrrole nitrogens is 1. The van der Waals surface area contributed by atoms with Crippen molar-refractivity contribution in [2.75, 3.05) is 44.3 Å². The lowest BCUT2D eigenvalue weighted by Gasteiger charge is -2.32. The topological polar surface area (TPSA) is 87.2 Å². The molecule has 2 aliphatic rings. The Balaban J connectivity index is 1.36. The SMILES string of the molecule is CC(C)c1ncc(CN2CCC(c3cc(=O)[nH]c(N4CCOCC4)n3)CC2)cn1. The largest absolute Gasteiger partial charge is 0.378 e. The van der Waals surface area contributed by atoms with Gasteiger partial charge in [0.1, 0.15) is 5.82 Å². The van der Waals surface area contributed by atoms with Crippen molar-refractivity contribution in [3.8, 4) is 0 Å². The van der Waals surface area contributed by atoms with E-state index in [1.54, 1.807) is 6.07 Å². The summed E-state index contributed by atoms with van der Waals surface area (Å²) in [5.74, 6) is 2.25. The molecule has 0 aliphatic carbocycles. The van der Waals surface area contributed by atoms with E-state index >= 15 is 0 Å². The van der Waals surface area contributed by atoms with Crippen molar-refractivity contribution in [3.63, 3.8) is 0 Å². The molecule has 0 unspecified atom stereocenters. The van der Waals surface area contributed by atoms with Crippen molar-refractivity contribution in [2.24, 2.45) is 0 Å². The summed E-state index contributed by atoms with van der Waals surface area (Å²) in [6.07, 6.45) is 5.90. The molecule has 0 aromatic carbocycles. The lowest BCUT2D eigenvalue weighted by molar-refractivity contribution is 0.122. The van der Waals surface area contributed by atoms with E-state index in [-0.39, 0.29) is 5.56 Å². The molecule has 0 bridgehead atoms. The normalized spacial score (nSPS) is 19.1. The first-order chi connectivity index (χ1) is 14.1. The molecule has 2 saturated heterocycles. The van der Waals surface area contributed by atoms with Crippen molar-refractivity contribution >= 4 is 5.95 Å². The van der Waals surface area contributed by atoms with E-state index in [1.165, 1.54) is 0 Å². The first kappa shape index (κ1) is 20.0. The number of piperidine rings is 1. The number of nitrogens with zero attached hydrogens (tertiary/aromatic N) is 5. The van der Waals surface area contributed by atoms with Gasteiger partial charge in [0.15, 0.2) is 0 Å². The molecular formula is C21H30N6O2. The van der Waals surface area contributed by atoms with E-state index in [0.717, 1.165) is 62.6 Å². The highest BCUT2D eigenvalue weighted by Gasteiger charge is 2.24. The van der Waals surface area contributed by atoms with Gasteiger partial charge in [-0.05, 0) is 25.9 Å². The number of morpholine rings is 1. The minimum Gasteiger partial charge on any atom is -0.378 e. The number of aromatic amines is 1. The predicted octanol–water partition coefficient (Wildman–Crippen LogP) is 1.90. The number of likely N-dealkylation sites (tertiary alicyclic amines) is 1. The van der Waals surface area contributed by atoms with E-state index in [4.69, 9.17) is 9.72 Å². The molecule has 0 radical (unpaired) electrons. The fourth-order valence-electron chi connectivity index (χ4n) is 3.99. The van der Waals surface area contributed by atoms with Crippen LogP contribution < -0.4 is 10.5 Å². The molecule has 2 aliphatic heterocycles. The lowest BCUT2D eigenvalue weighted by Crippen LogP contribution is -2.39. The number of anilines is 1. The molecule has 2 aromatic rings. The van der Waals surface area contributed by atoms with Crippen molar-refractivity contribution < 1.29 is 4.74 Å². The molecule has 1 N–H and O–H groups in total. The van der Waals surface area contributed by atoms with E-state index in [1.807, 2.05) is 12.4 Å². The quantitative estimate of drug-likeness (QED) is 0.823. The molecule has 0 atom stereocenters. The van der Waals surface area contributed by atoms with Crippen molar-refractivity contribution in [3.05, 3.63) is 45.9 Å². The van der Waals surface area contributed by atoms with Crippen molar-refractivity contribution in [1.29, 1.82) is 0 Å². The minimum absolute atomic E-state index is 0.0682. The van der Waals surface area contributed by atoms with Gasteiger partial charge in [0.25, 0.3) is 5.56 Å². The van der Waals surface area contributed by atoms with E-state index in [0.29, 0.717) is 31.0 Å². The van der Waals surface area contributed by atoms with Crippen LogP contribution in [0.2, 0.25) is 0 Å². The molecule has 29 heavy (non-hydrogen) atoms. The van der Waals surface area contributed by atoms with Crippen molar-refractivity contribution in [2.45, 2.75) is 45.1 Å². The van der Waals surface area contributed by atoms with Gasteiger partial charge in [-0.15, -0.1) is 0 Å². The number of rotatable bonds is 5. The number of ether oxygens (including phenoxy) is 1. The molecule has 8 nitrogen and oxygen atoms in total. The Kier molecular flexibility index (Phi) is 6.20. The van der Waals surface area contributed by atoms with Crippen LogP contribution in [0.3, 0.4) is 0 Å². The van der Waals surface area contributed by atoms with Gasteiger partial charge in [0.2, 0.25) is 5.95 Å². The second-order valence-corrected chi connectivity index (χ2v) is 8.25. The average molecular weight is 399 g/mol. The van der Waals surface area contributed by atoms with E-state index in [9.17, 15) is 4.79 Å². The number of hydrogen-bond acceptors (Lipinski definition) is 7. The number of hydrogen-bond donors (Lipinski definition) is 1. The summed E-state index contributed by atoms with van der Waals surface area (Å²) >= 11 is 0. The van der Waals surface area contributed by atoms with Crippen LogP contribution in [0.25, 0.3) is 0 Å². The molecule has 8 heteroatoms. The zero-order valence-corrected chi connectivity index (χ0v) is 17.3. The Bertz CT molecular complexity index is 852. The highest BCUT2D eigenvalue weighted by Crippen LogP contribution is 2.27. The standard InChI is InChI=1S/C21H30N6O2/c1-15(2)20-22-12-16(13-23-20)14-26-5-3-17(4-6-26)18-11-19(28)25-21(24-18)27-7-9-29-10-8-27/h11-13,15,17H,3-10,14H2,1-2H3,(H,24,25,28). The van der Waals surface area contributed by atoms with Crippen LogP contribution in [-0.2, 0) is 11.3 Å². The third kappa shape index (κ3) is 5.00. The Morgan fingerprint density at radius 2 is 1.83 bits per heavy atom. The molecule has 2 fully saturated rings. The molecule has 0 saturated carbocycles. The average Bonchev–Trinajstić information content (AvgIpc) is 2.75. The zero-order valence-electron chi connectivity index (χ0n) is 17.3. The van der Waals surface area contributed by atoms with Crippen LogP contribution in [0, 0.1) is 0 Å². The summed E-state index contributed by atoms with van der Waals surface area (Å²) in [6, 6.07) is 1.67. The van der Waals surface area contributed by atoms with Gasteiger partial charge >= 0.3 is 0 Å². The fraction of sp³-hybridized carbons (Fsp3) is 0.619. The maximum atomic E-state index is 12.2. The van der Waals surface area contributed by atoms with Gasteiger partial charge in [0.05, 0.1) is 18.9 Å². The van der Waals surface area contributed by atoms with Gasteiger partial charge in [-0.3, -0.25) is 14.7 Å². The van der Waals surface area contributed by atoms with Gasteiger partial charge in [-0.1, -0.05) is 13.8 Å². The third-order valence-corrected chi connectivity index (χ3v) is 5.71. The predicted molar refractivity (Wildman–Crippen MR) is 111 cm³/mol. The highest BCUT2D eigenvalue weighted by atomic mass is 16.5. The molecule has 4 heterocycles. The van der Waals surface area contributed by atoms with Gasteiger partial charge in [-0.2, -0.15) is 0 Å². The second kappa shape index (κ2) is 9.00. The molecule has 156 valence electrons. The van der Waals surface area contributed by atoms with Gasteiger partial charge in [-0.25, -0.2) is 15.0 Å². The Hall–Kier alpha value is -2.32. The number of nitrogens with one attached hydrogen (secondary N) is 1. The monoisotopic (exact) mass is 398 g/mol. The molecule has 0 amide bonds. The third-order valence-electron chi connectivity index (χ3n) is 5.71. The molecule has 4 rings (SSSR count). The number of aromatic nitrogens is 4. The van der Waals surface area contributed by atoms with Crippen LogP contribution in [0.15, 0.2) is 23.3 Å². The van der Waals surface area contributed by atoms with Crippen LogP contribution >= 0.6 is 0 Å². The molecule has 2 aromatic heterocycles. The first-order valence-electron chi connectivity index (χ1n) is 10.6. The summed E-state index contributed by atoms with van der Waals surface area (Å²) in [6.45, 7) is 9.93. The van der Waals surface area contributed by atoms with E-state index in [2.05, 4.69) is 38.6 Å². The lowest BCUT2D eigenvalue weighted by atomic mass is 9.93. The molecule has 0 spiro atoms. The Labute approximate surface area is 171 Å². The molecular weight excluding hydrogens is 368 g/mol. The van der Waals surface area contributed by atoms with Gasteiger partial charge in [0, 0.05) is 55.5 Å². The minimum atomic E-state index is -0.0682. The Morgan fingerprint density at radius 1 is 1.14 bits per heavy atom. The maximum absolute atomic E-state index is 12.2. The van der Waals surface area contributed by atoms with Crippen LogP contribution in [0.5, 0.6) is 0 Å².